The molecule has 20 heavy (non-hydrogen) atoms. The number of nitrogens with one attached hydrogen (secondary N) is 2. The molecule has 1 aliphatic rings. The molecule has 1 amide bonds. The molecule has 0 fully saturated rings. The molecule has 2 heterocycles. The number of fused-ring (bicyclic) bond motifs is 1. The molecule has 1 aromatic heterocycles. The van der Waals surface area contributed by atoms with Crippen LogP contribution >= 0.6 is 15.9 Å². The van der Waals surface area contributed by atoms with E-state index in [9.17, 15) is 4.79 Å². The van der Waals surface area contributed by atoms with Gasteiger partial charge in [-0.2, -0.15) is 0 Å². The second-order valence-electron chi connectivity index (χ2n) is 4.80. The van der Waals surface area contributed by atoms with Crippen LogP contribution in [0.3, 0.4) is 0 Å². The molecule has 0 saturated heterocycles. The predicted molar refractivity (Wildman–Crippen MR) is 81.6 cm³/mol. The van der Waals surface area contributed by atoms with Gasteiger partial charge in [-0.15, -0.1) is 0 Å². The average Bonchev–Trinajstić information content (AvgIpc) is 2.79. The van der Waals surface area contributed by atoms with Crippen molar-refractivity contribution < 1.29 is 4.79 Å². The third-order valence-electron chi connectivity index (χ3n) is 3.44. The van der Waals surface area contributed by atoms with E-state index in [1.54, 1.807) is 6.20 Å². The Hall–Kier alpha value is -1.72. The van der Waals surface area contributed by atoms with Crippen LogP contribution in [0.2, 0.25) is 0 Å². The highest BCUT2D eigenvalue weighted by molar-refractivity contribution is 9.10. The van der Waals surface area contributed by atoms with Gasteiger partial charge in [-0.3, -0.25) is 9.78 Å². The Labute approximate surface area is 125 Å². The smallest absolute Gasteiger partial charge is 0.228 e. The molecule has 0 saturated carbocycles. The summed E-state index contributed by atoms with van der Waals surface area (Å²) >= 11 is 3.44. The van der Waals surface area contributed by atoms with Crippen LogP contribution in [0.15, 0.2) is 41.1 Å². The Morgan fingerprint density at radius 3 is 2.90 bits per heavy atom. The van der Waals surface area contributed by atoms with Crippen molar-refractivity contribution >= 4 is 27.5 Å². The van der Waals surface area contributed by atoms with Gasteiger partial charge in [0.15, 0.2) is 0 Å². The van der Waals surface area contributed by atoms with Crippen LogP contribution in [-0.2, 0) is 11.2 Å². The number of benzene rings is 1. The fourth-order valence-electron chi connectivity index (χ4n) is 2.54. The van der Waals surface area contributed by atoms with Gasteiger partial charge < -0.3 is 10.6 Å². The van der Waals surface area contributed by atoms with E-state index >= 15 is 0 Å². The van der Waals surface area contributed by atoms with E-state index in [0.29, 0.717) is 6.42 Å². The van der Waals surface area contributed by atoms with Crippen LogP contribution in [-0.4, -0.2) is 17.9 Å². The second-order valence-corrected chi connectivity index (χ2v) is 5.72. The van der Waals surface area contributed by atoms with E-state index in [1.807, 2.05) is 31.4 Å². The largest absolute Gasteiger partial charge is 0.326 e. The number of halogens is 1. The van der Waals surface area contributed by atoms with Crippen molar-refractivity contribution in [2.45, 2.75) is 12.5 Å². The van der Waals surface area contributed by atoms with Crippen molar-refractivity contribution in [1.29, 1.82) is 0 Å². The van der Waals surface area contributed by atoms with Crippen molar-refractivity contribution in [3.8, 4) is 0 Å². The van der Waals surface area contributed by atoms with Crippen molar-refractivity contribution in [3.63, 3.8) is 0 Å². The monoisotopic (exact) mass is 331 g/mol. The molecule has 1 atom stereocenters. The third kappa shape index (κ3) is 2.46. The average molecular weight is 332 g/mol. The Balaban J connectivity index is 1.98. The number of amides is 1. The first kappa shape index (κ1) is 13.3. The highest BCUT2D eigenvalue weighted by Crippen LogP contribution is 2.29. The highest BCUT2D eigenvalue weighted by Gasteiger charge is 2.20. The van der Waals surface area contributed by atoms with Gasteiger partial charge in [-0.05, 0) is 51.8 Å². The molecule has 0 spiro atoms. The molecule has 2 N–H and O–H groups in total. The molecule has 2 aromatic rings. The first-order valence-corrected chi connectivity index (χ1v) is 7.17. The lowest BCUT2D eigenvalue weighted by atomic mass is 9.97. The van der Waals surface area contributed by atoms with Crippen LogP contribution in [0, 0.1) is 0 Å². The number of aromatic nitrogens is 1. The van der Waals surface area contributed by atoms with Gasteiger partial charge >= 0.3 is 0 Å². The maximum absolute atomic E-state index is 11.4. The second kappa shape index (κ2) is 5.34. The summed E-state index contributed by atoms with van der Waals surface area (Å²) in [4.78, 5) is 15.6. The lowest BCUT2D eigenvalue weighted by molar-refractivity contribution is -0.115. The standard InChI is InChI=1S/C15H14BrN3O/c1-17-15(11-5-12(16)8-18-7-11)9-2-3-13-10(4-9)6-14(20)19-13/h2-5,7-8,15,17H,6H2,1H3,(H,19,20). The fourth-order valence-corrected chi connectivity index (χ4v) is 2.92. The molecule has 0 aliphatic carbocycles. The van der Waals surface area contributed by atoms with Crippen LogP contribution in [0.5, 0.6) is 0 Å². The predicted octanol–water partition coefficient (Wildman–Crippen LogP) is 2.65. The molecule has 1 aromatic carbocycles. The van der Waals surface area contributed by atoms with Gasteiger partial charge in [0.05, 0.1) is 12.5 Å². The molecule has 102 valence electrons. The SMILES string of the molecule is CNC(c1cncc(Br)c1)c1ccc2c(c1)CC(=O)N2. The van der Waals surface area contributed by atoms with E-state index in [-0.39, 0.29) is 11.9 Å². The molecular weight excluding hydrogens is 318 g/mol. The Bertz CT molecular complexity index is 672. The molecule has 3 rings (SSSR count). The van der Waals surface area contributed by atoms with Gasteiger partial charge in [0.1, 0.15) is 0 Å². The summed E-state index contributed by atoms with van der Waals surface area (Å²) in [6.45, 7) is 0. The molecule has 1 aliphatic heterocycles. The van der Waals surface area contributed by atoms with Crippen molar-refractivity contribution in [3.05, 3.63) is 57.8 Å². The summed E-state index contributed by atoms with van der Waals surface area (Å²) in [5.41, 5.74) is 4.18. The van der Waals surface area contributed by atoms with E-state index in [4.69, 9.17) is 0 Å². The number of rotatable bonds is 3. The summed E-state index contributed by atoms with van der Waals surface area (Å²) in [5.74, 6) is 0.0577. The first-order valence-electron chi connectivity index (χ1n) is 6.38. The van der Waals surface area contributed by atoms with E-state index in [2.05, 4.69) is 37.6 Å². The Morgan fingerprint density at radius 1 is 1.30 bits per heavy atom. The molecular formula is C15H14BrN3O. The van der Waals surface area contributed by atoms with Gasteiger partial charge in [0, 0.05) is 22.6 Å². The van der Waals surface area contributed by atoms with Gasteiger partial charge in [0.25, 0.3) is 0 Å². The number of carbonyl (C=O) groups excluding carboxylic acids is 1. The fraction of sp³-hybridized carbons (Fsp3) is 0.200. The molecule has 4 nitrogen and oxygen atoms in total. The quantitative estimate of drug-likeness (QED) is 0.909. The Morgan fingerprint density at radius 2 is 2.15 bits per heavy atom. The molecule has 5 heteroatoms. The minimum Gasteiger partial charge on any atom is -0.326 e. The van der Waals surface area contributed by atoms with Crippen LogP contribution < -0.4 is 10.6 Å². The molecule has 1 unspecified atom stereocenters. The van der Waals surface area contributed by atoms with Crippen molar-refractivity contribution in [2.75, 3.05) is 12.4 Å². The van der Waals surface area contributed by atoms with E-state index in [0.717, 1.165) is 26.9 Å². The summed E-state index contributed by atoms with van der Waals surface area (Å²) in [7, 11) is 1.92. The number of hydrogen-bond acceptors (Lipinski definition) is 3. The summed E-state index contributed by atoms with van der Waals surface area (Å²) in [5, 5.41) is 6.15. The normalized spacial score (nSPS) is 14.8. The lowest BCUT2D eigenvalue weighted by Gasteiger charge is -2.18. The van der Waals surface area contributed by atoms with Crippen LogP contribution in [0.1, 0.15) is 22.7 Å². The Kier molecular flexibility index (Phi) is 3.54. The number of pyridine rings is 1. The molecule has 0 bridgehead atoms. The summed E-state index contributed by atoms with van der Waals surface area (Å²) in [6, 6.07) is 8.18. The zero-order valence-corrected chi connectivity index (χ0v) is 12.6. The van der Waals surface area contributed by atoms with E-state index in [1.165, 1.54) is 0 Å². The van der Waals surface area contributed by atoms with Crippen LogP contribution in [0.4, 0.5) is 5.69 Å². The van der Waals surface area contributed by atoms with Gasteiger partial charge in [-0.1, -0.05) is 12.1 Å². The molecule has 0 radical (unpaired) electrons. The highest BCUT2D eigenvalue weighted by atomic mass is 79.9. The number of hydrogen-bond donors (Lipinski definition) is 2. The minimum absolute atomic E-state index is 0.0565. The number of anilines is 1. The van der Waals surface area contributed by atoms with E-state index < -0.39 is 0 Å². The summed E-state index contributed by atoms with van der Waals surface area (Å²) < 4.78 is 0.952. The van der Waals surface area contributed by atoms with Gasteiger partial charge in [-0.25, -0.2) is 0 Å². The van der Waals surface area contributed by atoms with Gasteiger partial charge in [0.2, 0.25) is 5.91 Å². The maximum atomic E-state index is 11.4. The zero-order valence-electron chi connectivity index (χ0n) is 11.0. The summed E-state index contributed by atoms with van der Waals surface area (Å²) in [6.07, 6.45) is 4.07. The topological polar surface area (TPSA) is 54.0 Å². The van der Waals surface area contributed by atoms with Crippen molar-refractivity contribution in [2.24, 2.45) is 0 Å². The maximum Gasteiger partial charge on any atom is 0.228 e. The third-order valence-corrected chi connectivity index (χ3v) is 3.87. The lowest BCUT2D eigenvalue weighted by Crippen LogP contribution is -2.18. The first-order chi connectivity index (χ1) is 9.67. The van der Waals surface area contributed by atoms with Crippen molar-refractivity contribution in [1.82, 2.24) is 10.3 Å². The van der Waals surface area contributed by atoms with Crippen LogP contribution in [0.25, 0.3) is 0 Å². The zero-order chi connectivity index (χ0) is 14.1. The number of nitrogens with zero attached hydrogens (tertiary/aromatic N) is 1. The minimum atomic E-state index is 0.0565. The number of carbonyl (C=O) groups is 1.